The number of aromatic nitrogens is 3. The Morgan fingerprint density at radius 2 is 2.12 bits per heavy atom. The van der Waals surface area contributed by atoms with Crippen LogP contribution in [0.2, 0.25) is 0 Å². The number of anilines is 1. The van der Waals surface area contributed by atoms with Gasteiger partial charge in [-0.2, -0.15) is 18.2 Å². The van der Waals surface area contributed by atoms with Gasteiger partial charge in [0.2, 0.25) is 17.7 Å². The zero-order valence-electron chi connectivity index (χ0n) is 7.84. The van der Waals surface area contributed by atoms with Crippen molar-refractivity contribution in [1.82, 2.24) is 15.2 Å². The molecule has 6 nitrogen and oxygen atoms in total. The summed E-state index contributed by atoms with van der Waals surface area (Å²) >= 11 is 0. The minimum Gasteiger partial charge on any atom is -0.330 e. The maximum atomic E-state index is 12.0. The van der Waals surface area contributed by atoms with Crippen LogP contribution in [0.15, 0.2) is 0 Å². The maximum Gasteiger partial charge on any atom is 0.451 e. The number of nitrogens with zero attached hydrogens (tertiary/aromatic N) is 2. The first kappa shape index (κ1) is 14.6. The smallest absolute Gasteiger partial charge is 0.330 e. The molecule has 1 heterocycles. The summed E-state index contributed by atoms with van der Waals surface area (Å²) in [6.45, 7) is 0.0996. The number of nitrogens with one attached hydrogen (secondary N) is 2. The topological polar surface area (TPSA) is 96.7 Å². The monoisotopic (exact) mass is 259 g/mol. The van der Waals surface area contributed by atoms with Gasteiger partial charge in [-0.1, -0.05) is 0 Å². The van der Waals surface area contributed by atoms with E-state index in [2.05, 4.69) is 15.4 Å². The summed E-state index contributed by atoms with van der Waals surface area (Å²) in [5.74, 6) is -2.21. The van der Waals surface area contributed by atoms with Crippen molar-refractivity contribution in [2.75, 3.05) is 11.9 Å². The molecule has 0 unspecified atom stereocenters. The lowest BCUT2D eigenvalue weighted by molar-refractivity contribution is -0.144. The van der Waals surface area contributed by atoms with Crippen LogP contribution >= 0.6 is 12.4 Å². The van der Waals surface area contributed by atoms with Crippen molar-refractivity contribution < 1.29 is 18.0 Å². The molecule has 0 bridgehead atoms. The van der Waals surface area contributed by atoms with Gasteiger partial charge in [-0.05, 0) is 0 Å². The lowest BCUT2D eigenvalue weighted by Crippen LogP contribution is -2.17. The van der Waals surface area contributed by atoms with Gasteiger partial charge in [-0.25, -0.2) is 0 Å². The zero-order chi connectivity index (χ0) is 11.5. The Morgan fingerprint density at radius 1 is 1.50 bits per heavy atom. The molecular weight excluding hydrogens is 251 g/mol. The molecule has 0 fully saturated rings. The molecule has 1 aromatic heterocycles. The Kier molecular flexibility index (Phi) is 5.18. The Labute approximate surface area is 94.2 Å². The van der Waals surface area contributed by atoms with Crippen LogP contribution in [0.4, 0.5) is 19.1 Å². The van der Waals surface area contributed by atoms with Gasteiger partial charge in [-0.15, -0.1) is 17.5 Å². The molecule has 0 spiro atoms. The zero-order valence-corrected chi connectivity index (χ0v) is 8.65. The third kappa shape index (κ3) is 4.03. The maximum absolute atomic E-state index is 12.0. The number of H-pyrrole nitrogens is 1. The van der Waals surface area contributed by atoms with E-state index >= 15 is 0 Å². The molecule has 92 valence electrons. The molecule has 16 heavy (non-hydrogen) atoms. The van der Waals surface area contributed by atoms with Crippen LogP contribution in [0, 0.1) is 0 Å². The fraction of sp³-hybridized carbons (Fsp3) is 0.500. The van der Waals surface area contributed by atoms with E-state index in [0.29, 0.717) is 0 Å². The third-order valence-corrected chi connectivity index (χ3v) is 1.38. The van der Waals surface area contributed by atoms with Gasteiger partial charge in [0.15, 0.2) is 0 Å². The number of hydrogen-bond acceptors (Lipinski definition) is 4. The molecule has 0 aromatic carbocycles. The molecule has 0 aliphatic rings. The number of aromatic amines is 1. The Balaban J connectivity index is 0.00000225. The van der Waals surface area contributed by atoms with Crippen molar-refractivity contribution in [2.45, 2.75) is 12.6 Å². The van der Waals surface area contributed by atoms with Crippen LogP contribution < -0.4 is 11.1 Å². The summed E-state index contributed by atoms with van der Waals surface area (Å²) < 4.78 is 36.1. The van der Waals surface area contributed by atoms with Crippen molar-refractivity contribution in [3.8, 4) is 0 Å². The van der Waals surface area contributed by atoms with Crippen molar-refractivity contribution in [2.24, 2.45) is 5.73 Å². The summed E-state index contributed by atoms with van der Waals surface area (Å²) in [6.07, 6.45) is -4.61. The SMILES string of the molecule is Cl.NCCC(=O)Nc1n[nH]c(C(F)(F)F)n1. The predicted molar refractivity (Wildman–Crippen MR) is 50.9 cm³/mol. The normalized spacial score (nSPS) is 10.8. The molecule has 1 aromatic rings. The van der Waals surface area contributed by atoms with Gasteiger partial charge >= 0.3 is 6.18 Å². The van der Waals surface area contributed by atoms with Gasteiger partial charge in [0.25, 0.3) is 0 Å². The fourth-order valence-corrected chi connectivity index (χ4v) is 0.763. The van der Waals surface area contributed by atoms with Crippen LogP contribution in [0.5, 0.6) is 0 Å². The standard InChI is InChI=1S/C6H8F3N5O.ClH/c7-6(8,9)4-12-5(14-13-4)11-3(15)1-2-10;/h1-2,10H2,(H2,11,12,13,14,15);1H. The molecule has 1 rings (SSSR count). The van der Waals surface area contributed by atoms with E-state index in [1.54, 1.807) is 5.10 Å². The van der Waals surface area contributed by atoms with E-state index in [0.717, 1.165) is 0 Å². The van der Waals surface area contributed by atoms with Crippen molar-refractivity contribution >= 4 is 24.3 Å². The first-order valence-electron chi connectivity index (χ1n) is 3.93. The molecule has 0 atom stereocenters. The predicted octanol–water partition coefficient (Wildman–Crippen LogP) is 0.533. The number of carbonyl (C=O) groups is 1. The summed E-state index contributed by atoms with van der Waals surface area (Å²) in [5.41, 5.74) is 5.07. The molecule has 4 N–H and O–H groups in total. The molecule has 0 aliphatic heterocycles. The Hall–Kier alpha value is -1.35. The van der Waals surface area contributed by atoms with Crippen molar-refractivity contribution in [3.05, 3.63) is 5.82 Å². The molecule has 0 aliphatic carbocycles. The van der Waals surface area contributed by atoms with Crippen molar-refractivity contribution in [1.29, 1.82) is 0 Å². The molecule has 0 saturated heterocycles. The van der Waals surface area contributed by atoms with E-state index in [-0.39, 0.29) is 25.4 Å². The van der Waals surface area contributed by atoms with Gasteiger partial charge in [0, 0.05) is 13.0 Å². The van der Waals surface area contributed by atoms with E-state index in [1.807, 2.05) is 0 Å². The average Bonchev–Trinajstić information content (AvgIpc) is 2.52. The molecule has 10 heteroatoms. The van der Waals surface area contributed by atoms with Crippen LogP contribution in [0.25, 0.3) is 0 Å². The summed E-state index contributed by atoms with van der Waals surface area (Å²) in [5, 5.41) is 6.90. The number of nitrogens with two attached hydrogens (primary N) is 1. The van der Waals surface area contributed by atoms with Crippen LogP contribution in [0.1, 0.15) is 12.2 Å². The molecule has 0 saturated carbocycles. The van der Waals surface area contributed by atoms with Crippen LogP contribution in [-0.2, 0) is 11.0 Å². The number of rotatable bonds is 3. The van der Waals surface area contributed by atoms with E-state index in [1.165, 1.54) is 0 Å². The Bertz CT molecular complexity index is 352. The van der Waals surface area contributed by atoms with E-state index < -0.39 is 23.9 Å². The quantitative estimate of drug-likeness (QED) is 0.738. The molecular formula is C6H9ClF3N5O. The molecule has 1 amide bonds. The van der Waals surface area contributed by atoms with Gasteiger partial charge in [0.05, 0.1) is 0 Å². The minimum atomic E-state index is -4.61. The number of halogens is 4. The second-order valence-electron chi connectivity index (χ2n) is 2.59. The van der Waals surface area contributed by atoms with E-state index in [9.17, 15) is 18.0 Å². The number of alkyl halides is 3. The highest BCUT2D eigenvalue weighted by atomic mass is 35.5. The van der Waals surface area contributed by atoms with Crippen LogP contribution in [-0.4, -0.2) is 27.6 Å². The first-order chi connectivity index (χ1) is 6.93. The summed E-state index contributed by atoms with van der Waals surface area (Å²) in [6, 6.07) is 0. The second kappa shape index (κ2) is 5.66. The average molecular weight is 260 g/mol. The first-order valence-corrected chi connectivity index (χ1v) is 3.93. The highest BCUT2D eigenvalue weighted by Crippen LogP contribution is 2.26. The fourth-order valence-electron chi connectivity index (χ4n) is 0.763. The van der Waals surface area contributed by atoms with Crippen molar-refractivity contribution in [3.63, 3.8) is 0 Å². The number of amides is 1. The van der Waals surface area contributed by atoms with E-state index in [4.69, 9.17) is 5.73 Å². The number of carbonyl (C=O) groups excluding carboxylic acids is 1. The lowest BCUT2D eigenvalue weighted by atomic mass is 10.4. The van der Waals surface area contributed by atoms with Gasteiger partial charge in [0.1, 0.15) is 0 Å². The highest BCUT2D eigenvalue weighted by molar-refractivity contribution is 5.88. The van der Waals surface area contributed by atoms with Gasteiger partial charge < -0.3 is 5.73 Å². The summed E-state index contributed by atoms with van der Waals surface area (Å²) in [7, 11) is 0. The highest BCUT2D eigenvalue weighted by Gasteiger charge is 2.35. The largest absolute Gasteiger partial charge is 0.451 e. The molecule has 0 radical (unpaired) electrons. The second-order valence-corrected chi connectivity index (χ2v) is 2.59. The Morgan fingerprint density at radius 3 is 2.56 bits per heavy atom. The minimum absolute atomic E-state index is 0. The van der Waals surface area contributed by atoms with Gasteiger partial charge in [-0.3, -0.25) is 15.2 Å². The van der Waals surface area contributed by atoms with Crippen LogP contribution in [0.3, 0.4) is 0 Å². The lowest BCUT2D eigenvalue weighted by Gasteiger charge is -1.99. The number of hydrogen-bond donors (Lipinski definition) is 3. The summed E-state index contributed by atoms with van der Waals surface area (Å²) in [4.78, 5) is 13.9. The third-order valence-electron chi connectivity index (χ3n) is 1.38.